The molecule has 3 rings (SSSR count). The van der Waals surface area contributed by atoms with Crippen LogP contribution in [0, 0.1) is 12.8 Å². The number of carbonyl (C=O) groups excluding carboxylic acids is 1. The summed E-state index contributed by atoms with van der Waals surface area (Å²) in [5, 5.41) is 7.61. The molecule has 2 aromatic rings. The van der Waals surface area contributed by atoms with Gasteiger partial charge in [0.05, 0.1) is 10.7 Å². The molecule has 23 heavy (non-hydrogen) atoms. The molecule has 1 aromatic heterocycles. The molecule has 1 amide bonds. The number of nitrogens with one attached hydrogen (secondary N) is 1. The van der Waals surface area contributed by atoms with Crippen LogP contribution < -0.4 is 10.7 Å². The van der Waals surface area contributed by atoms with Crippen LogP contribution in [-0.4, -0.2) is 21.7 Å². The maximum Gasteiger partial charge on any atom is 0.276 e. The van der Waals surface area contributed by atoms with Gasteiger partial charge >= 0.3 is 0 Å². The summed E-state index contributed by atoms with van der Waals surface area (Å²) >= 11 is 6.20. The van der Waals surface area contributed by atoms with Gasteiger partial charge < -0.3 is 5.32 Å². The predicted octanol–water partition coefficient (Wildman–Crippen LogP) is 2.72. The highest BCUT2D eigenvalue weighted by Crippen LogP contribution is 2.32. The molecule has 0 radical (unpaired) electrons. The number of rotatable bonds is 4. The first-order chi connectivity index (χ1) is 11.0. The lowest BCUT2D eigenvalue weighted by Crippen LogP contribution is -2.38. The molecule has 6 heteroatoms. The van der Waals surface area contributed by atoms with Gasteiger partial charge in [0.1, 0.15) is 0 Å². The standard InChI is InChI=1S/C17H18ClN3O2/c1-10-9-15(22)16(17(23)19-11(2)12-7-8-12)20-21(10)14-6-4-3-5-13(14)18/h3-6,9,11-12H,7-8H2,1-2H3,(H,19,23). The second-order valence-corrected chi connectivity index (χ2v) is 6.37. The van der Waals surface area contributed by atoms with Crippen molar-refractivity contribution in [3.63, 3.8) is 0 Å². The normalized spacial score (nSPS) is 15.3. The van der Waals surface area contributed by atoms with Crippen LogP contribution in [0.5, 0.6) is 0 Å². The van der Waals surface area contributed by atoms with Gasteiger partial charge in [-0.05, 0) is 44.7 Å². The number of hydrogen-bond acceptors (Lipinski definition) is 3. The molecule has 0 saturated heterocycles. The fourth-order valence-corrected chi connectivity index (χ4v) is 2.78. The van der Waals surface area contributed by atoms with Gasteiger partial charge in [-0.15, -0.1) is 0 Å². The monoisotopic (exact) mass is 331 g/mol. The van der Waals surface area contributed by atoms with Crippen LogP contribution in [0.2, 0.25) is 5.02 Å². The third-order valence-electron chi connectivity index (χ3n) is 4.09. The van der Waals surface area contributed by atoms with E-state index in [9.17, 15) is 9.59 Å². The van der Waals surface area contributed by atoms with Crippen molar-refractivity contribution in [3.8, 4) is 5.69 Å². The molecule has 1 N–H and O–H groups in total. The topological polar surface area (TPSA) is 64.0 Å². The van der Waals surface area contributed by atoms with E-state index >= 15 is 0 Å². The van der Waals surface area contributed by atoms with Crippen molar-refractivity contribution in [3.05, 3.63) is 57.0 Å². The van der Waals surface area contributed by atoms with Crippen LogP contribution in [0.4, 0.5) is 0 Å². The average molecular weight is 332 g/mol. The Labute approximate surface area is 139 Å². The number of aryl methyl sites for hydroxylation is 1. The summed E-state index contributed by atoms with van der Waals surface area (Å²) in [5.74, 6) is 0.0744. The molecule has 1 aliphatic rings. The smallest absolute Gasteiger partial charge is 0.276 e. The minimum Gasteiger partial charge on any atom is -0.348 e. The van der Waals surface area contributed by atoms with Gasteiger partial charge in [-0.3, -0.25) is 9.59 Å². The van der Waals surface area contributed by atoms with Crippen LogP contribution in [0.1, 0.15) is 35.9 Å². The Morgan fingerprint density at radius 3 is 2.74 bits per heavy atom. The van der Waals surface area contributed by atoms with Crippen molar-refractivity contribution in [1.82, 2.24) is 15.1 Å². The summed E-state index contributed by atoms with van der Waals surface area (Å²) in [6, 6.07) is 8.64. The van der Waals surface area contributed by atoms with Crippen molar-refractivity contribution < 1.29 is 4.79 Å². The van der Waals surface area contributed by atoms with Crippen molar-refractivity contribution in [2.24, 2.45) is 5.92 Å². The van der Waals surface area contributed by atoms with Crippen LogP contribution in [0.15, 0.2) is 35.1 Å². The molecule has 1 heterocycles. The van der Waals surface area contributed by atoms with Gasteiger partial charge in [0.25, 0.3) is 5.91 Å². The summed E-state index contributed by atoms with van der Waals surface area (Å²) in [6.07, 6.45) is 2.24. The summed E-state index contributed by atoms with van der Waals surface area (Å²) in [4.78, 5) is 24.5. The third-order valence-corrected chi connectivity index (χ3v) is 4.41. The molecule has 1 unspecified atom stereocenters. The average Bonchev–Trinajstić information content (AvgIpc) is 3.33. The van der Waals surface area contributed by atoms with Gasteiger partial charge in [0.15, 0.2) is 5.69 Å². The lowest BCUT2D eigenvalue weighted by Gasteiger charge is -2.15. The molecule has 1 aromatic carbocycles. The van der Waals surface area contributed by atoms with Crippen molar-refractivity contribution in [2.75, 3.05) is 0 Å². The first-order valence-electron chi connectivity index (χ1n) is 7.64. The van der Waals surface area contributed by atoms with Gasteiger partial charge in [-0.2, -0.15) is 5.10 Å². The van der Waals surface area contributed by atoms with Crippen LogP contribution in [0.3, 0.4) is 0 Å². The molecule has 1 saturated carbocycles. The van der Waals surface area contributed by atoms with E-state index in [1.165, 1.54) is 10.7 Å². The molecule has 0 spiro atoms. The lowest BCUT2D eigenvalue weighted by molar-refractivity contribution is 0.0927. The van der Waals surface area contributed by atoms with E-state index in [1.807, 2.05) is 19.1 Å². The lowest BCUT2D eigenvalue weighted by atomic mass is 10.2. The Kier molecular flexibility index (Phi) is 4.22. The highest BCUT2D eigenvalue weighted by atomic mass is 35.5. The van der Waals surface area contributed by atoms with E-state index in [-0.39, 0.29) is 17.2 Å². The van der Waals surface area contributed by atoms with E-state index in [0.717, 1.165) is 12.8 Å². The number of nitrogens with zero attached hydrogens (tertiary/aromatic N) is 2. The van der Waals surface area contributed by atoms with Crippen LogP contribution in [0.25, 0.3) is 5.69 Å². The van der Waals surface area contributed by atoms with Gasteiger partial charge in [-0.25, -0.2) is 4.68 Å². The zero-order valence-electron chi connectivity index (χ0n) is 13.0. The minimum absolute atomic E-state index is 0.0544. The Balaban J connectivity index is 1.98. The maximum atomic E-state index is 12.4. The van der Waals surface area contributed by atoms with E-state index in [4.69, 9.17) is 11.6 Å². The quantitative estimate of drug-likeness (QED) is 0.937. The molecular formula is C17H18ClN3O2. The van der Waals surface area contributed by atoms with E-state index in [1.54, 1.807) is 19.1 Å². The molecular weight excluding hydrogens is 314 g/mol. The summed E-state index contributed by atoms with van der Waals surface area (Å²) in [5.41, 5.74) is 0.764. The predicted molar refractivity (Wildman–Crippen MR) is 89.2 cm³/mol. The highest BCUT2D eigenvalue weighted by Gasteiger charge is 2.30. The van der Waals surface area contributed by atoms with Crippen LogP contribution in [-0.2, 0) is 0 Å². The molecule has 1 fully saturated rings. The summed E-state index contributed by atoms with van der Waals surface area (Å²) in [7, 11) is 0. The number of carbonyl (C=O) groups is 1. The maximum absolute atomic E-state index is 12.4. The van der Waals surface area contributed by atoms with E-state index in [2.05, 4.69) is 10.4 Å². The SMILES string of the molecule is Cc1cc(=O)c(C(=O)NC(C)C2CC2)nn1-c1ccccc1Cl. The number of para-hydroxylation sites is 1. The Hall–Kier alpha value is -2.14. The molecule has 1 aliphatic carbocycles. The number of halogens is 1. The number of amides is 1. The summed E-state index contributed by atoms with van der Waals surface area (Å²) < 4.78 is 1.53. The zero-order chi connectivity index (χ0) is 16.6. The van der Waals surface area contributed by atoms with E-state index < -0.39 is 5.91 Å². The Morgan fingerprint density at radius 1 is 1.39 bits per heavy atom. The van der Waals surface area contributed by atoms with E-state index in [0.29, 0.717) is 22.3 Å². The zero-order valence-corrected chi connectivity index (χ0v) is 13.8. The van der Waals surface area contributed by atoms with Crippen molar-refractivity contribution in [1.29, 1.82) is 0 Å². The summed E-state index contributed by atoms with van der Waals surface area (Å²) in [6.45, 7) is 3.71. The highest BCUT2D eigenvalue weighted by molar-refractivity contribution is 6.32. The Morgan fingerprint density at radius 2 is 2.09 bits per heavy atom. The number of hydrogen-bond donors (Lipinski definition) is 1. The Bertz CT molecular complexity index is 812. The number of aromatic nitrogens is 2. The second kappa shape index (κ2) is 6.16. The number of benzene rings is 1. The van der Waals surface area contributed by atoms with Gasteiger partial charge in [-0.1, -0.05) is 23.7 Å². The third kappa shape index (κ3) is 3.29. The van der Waals surface area contributed by atoms with Crippen LogP contribution >= 0.6 is 11.6 Å². The largest absolute Gasteiger partial charge is 0.348 e. The molecule has 5 nitrogen and oxygen atoms in total. The fraction of sp³-hybridized carbons (Fsp3) is 0.353. The molecule has 120 valence electrons. The molecule has 0 aliphatic heterocycles. The minimum atomic E-state index is -0.435. The van der Waals surface area contributed by atoms with Crippen molar-refractivity contribution in [2.45, 2.75) is 32.7 Å². The first-order valence-corrected chi connectivity index (χ1v) is 8.02. The molecule has 1 atom stereocenters. The van der Waals surface area contributed by atoms with Gasteiger partial charge in [0, 0.05) is 17.8 Å². The van der Waals surface area contributed by atoms with Gasteiger partial charge in [0.2, 0.25) is 5.43 Å². The molecule has 0 bridgehead atoms. The fourth-order valence-electron chi connectivity index (χ4n) is 2.56. The second-order valence-electron chi connectivity index (χ2n) is 5.96. The first kappa shape index (κ1) is 15.7. The van der Waals surface area contributed by atoms with Crippen molar-refractivity contribution >= 4 is 17.5 Å².